The number of hydrogen-bond acceptors (Lipinski definition) is 3. The minimum atomic E-state index is -2.67. The fourth-order valence-corrected chi connectivity index (χ4v) is 2.14. The van der Waals surface area contributed by atoms with Crippen molar-refractivity contribution in [3.8, 4) is 0 Å². The van der Waals surface area contributed by atoms with Gasteiger partial charge in [0.05, 0.1) is 6.42 Å². The van der Waals surface area contributed by atoms with Crippen LogP contribution in [0.2, 0.25) is 0 Å². The Bertz CT molecular complexity index is 232. The van der Waals surface area contributed by atoms with Crippen molar-refractivity contribution in [2.24, 2.45) is 5.41 Å². The van der Waals surface area contributed by atoms with Crippen LogP contribution in [0.15, 0.2) is 0 Å². The summed E-state index contributed by atoms with van der Waals surface area (Å²) in [6.07, 6.45) is 1.18. The zero-order chi connectivity index (χ0) is 11.4. The fourth-order valence-electron chi connectivity index (χ4n) is 1.00. The van der Waals surface area contributed by atoms with E-state index in [1.165, 1.54) is 0 Å². The van der Waals surface area contributed by atoms with Crippen LogP contribution in [0, 0.1) is 5.41 Å². The van der Waals surface area contributed by atoms with Gasteiger partial charge in [-0.2, -0.15) is 0 Å². The highest BCUT2D eigenvalue weighted by Gasteiger charge is 2.25. The Kier molecular flexibility index (Phi) is 4.87. The summed E-state index contributed by atoms with van der Waals surface area (Å²) in [4.78, 5) is 11.4. The van der Waals surface area contributed by atoms with Gasteiger partial charge in [0.25, 0.3) is 0 Å². The highest BCUT2D eigenvalue weighted by atomic mass is 31.2. The number of hydrogen-bond donors (Lipinski definition) is 0. The molecule has 0 aromatic carbocycles. The molecule has 0 N–H and O–H groups in total. The topological polar surface area (TPSA) is 43.4 Å². The van der Waals surface area contributed by atoms with Gasteiger partial charge in [0.1, 0.15) is 0 Å². The van der Waals surface area contributed by atoms with E-state index in [1.54, 1.807) is 13.8 Å². The largest absolute Gasteiger partial charge is 0.412 e. The molecular weight excluding hydrogens is 199 g/mol. The second kappa shape index (κ2) is 4.97. The Morgan fingerprint density at radius 2 is 1.64 bits per heavy atom. The standard InChI is InChI=1S/C10H21O3P/c1-6-14(12,7-2)13-9(11)8-10(3,4)5/h6-8H2,1-5H3. The molecule has 0 fully saturated rings. The molecule has 0 saturated carbocycles. The molecule has 0 radical (unpaired) electrons. The first kappa shape index (κ1) is 13.7. The summed E-state index contributed by atoms with van der Waals surface area (Å²) in [5.74, 6) is -0.343. The minimum Gasteiger partial charge on any atom is -0.412 e. The third kappa shape index (κ3) is 5.43. The Morgan fingerprint density at radius 1 is 1.21 bits per heavy atom. The zero-order valence-electron chi connectivity index (χ0n) is 9.79. The smallest absolute Gasteiger partial charge is 0.311 e. The molecule has 0 heterocycles. The summed E-state index contributed by atoms with van der Waals surface area (Å²) < 4.78 is 16.8. The van der Waals surface area contributed by atoms with Crippen molar-refractivity contribution in [3.63, 3.8) is 0 Å². The molecule has 0 atom stereocenters. The average molecular weight is 220 g/mol. The van der Waals surface area contributed by atoms with Crippen LogP contribution < -0.4 is 0 Å². The highest BCUT2D eigenvalue weighted by molar-refractivity contribution is 7.59. The van der Waals surface area contributed by atoms with E-state index in [4.69, 9.17) is 4.52 Å². The number of carbonyl (C=O) groups is 1. The second-order valence-corrected chi connectivity index (χ2v) is 7.72. The van der Waals surface area contributed by atoms with E-state index >= 15 is 0 Å². The predicted molar refractivity (Wildman–Crippen MR) is 58.9 cm³/mol. The molecule has 84 valence electrons. The molecular formula is C10H21O3P. The first-order valence-electron chi connectivity index (χ1n) is 5.03. The van der Waals surface area contributed by atoms with Gasteiger partial charge in [0.15, 0.2) is 0 Å². The first-order valence-corrected chi connectivity index (χ1v) is 7.02. The van der Waals surface area contributed by atoms with Crippen molar-refractivity contribution in [1.29, 1.82) is 0 Å². The third-order valence-corrected chi connectivity index (χ3v) is 4.37. The van der Waals surface area contributed by atoms with Crippen LogP contribution in [0.3, 0.4) is 0 Å². The summed E-state index contributed by atoms with van der Waals surface area (Å²) in [6, 6.07) is 0. The highest BCUT2D eigenvalue weighted by Crippen LogP contribution is 2.46. The summed E-state index contributed by atoms with van der Waals surface area (Å²) >= 11 is 0. The Morgan fingerprint density at radius 3 is 1.93 bits per heavy atom. The molecule has 4 heteroatoms. The van der Waals surface area contributed by atoms with Crippen molar-refractivity contribution in [1.82, 2.24) is 0 Å². The lowest BCUT2D eigenvalue weighted by Crippen LogP contribution is -2.15. The normalized spacial score (nSPS) is 12.6. The van der Waals surface area contributed by atoms with E-state index in [1.807, 2.05) is 20.8 Å². The minimum absolute atomic E-state index is 0.108. The van der Waals surface area contributed by atoms with Gasteiger partial charge >= 0.3 is 5.97 Å². The molecule has 0 aliphatic heterocycles. The maximum Gasteiger partial charge on any atom is 0.311 e. The van der Waals surface area contributed by atoms with Crippen LogP contribution in [0.4, 0.5) is 0 Å². The van der Waals surface area contributed by atoms with Gasteiger partial charge in [-0.15, -0.1) is 0 Å². The molecule has 0 saturated heterocycles. The quantitative estimate of drug-likeness (QED) is 0.683. The molecule has 0 aromatic rings. The van der Waals surface area contributed by atoms with Crippen molar-refractivity contribution in [2.45, 2.75) is 41.0 Å². The van der Waals surface area contributed by atoms with Crippen LogP contribution >= 0.6 is 7.37 Å². The summed E-state index contributed by atoms with van der Waals surface area (Å²) in [7, 11) is -2.67. The Labute approximate surface area is 86.7 Å². The lowest BCUT2D eigenvalue weighted by molar-refractivity contribution is -0.136. The van der Waals surface area contributed by atoms with Crippen molar-refractivity contribution >= 4 is 13.3 Å². The molecule has 0 unspecified atom stereocenters. The van der Waals surface area contributed by atoms with Gasteiger partial charge in [-0.05, 0) is 5.41 Å². The average Bonchev–Trinajstić information content (AvgIpc) is 2.00. The van der Waals surface area contributed by atoms with E-state index in [2.05, 4.69) is 0 Å². The summed E-state index contributed by atoms with van der Waals surface area (Å²) in [5.41, 5.74) is -0.108. The van der Waals surface area contributed by atoms with Gasteiger partial charge in [-0.1, -0.05) is 34.6 Å². The first-order chi connectivity index (χ1) is 6.22. The monoisotopic (exact) mass is 220 g/mol. The predicted octanol–water partition coefficient (Wildman–Crippen LogP) is 3.28. The van der Waals surface area contributed by atoms with Gasteiger partial charge in [-0.3, -0.25) is 9.36 Å². The van der Waals surface area contributed by atoms with E-state index < -0.39 is 7.37 Å². The molecule has 0 spiro atoms. The van der Waals surface area contributed by atoms with E-state index in [-0.39, 0.29) is 11.4 Å². The molecule has 0 aromatic heterocycles. The second-order valence-electron chi connectivity index (χ2n) is 4.65. The van der Waals surface area contributed by atoms with Gasteiger partial charge < -0.3 is 4.52 Å². The zero-order valence-corrected chi connectivity index (χ0v) is 10.7. The number of rotatable bonds is 4. The SMILES string of the molecule is CCP(=O)(CC)OC(=O)CC(C)(C)C. The summed E-state index contributed by atoms with van der Waals surface area (Å²) in [6.45, 7) is 9.44. The van der Waals surface area contributed by atoms with Crippen molar-refractivity contribution in [3.05, 3.63) is 0 Å². The van der Waals surface area contributed by atoms with Gasteiger partial charge in [-0.25, -0.2) is 0 Å². The summed E-state index contributed by atoms with van der Waals surface area (Å²) in [5, 5.41) is 0. The molecule has 0 bridgehead atoms. The van der Waals surface area contributed by atoms with E-state index in [9.17, 15) is 9.36 Å². The van der Waals surface area contributed by atoms with Crippen LogP contribution in [-0.2, 0) is 13.9 Å². The molecule has 0 aliphatic carbocycles. The van der Waals surface area contributed by atoms with Gasteiger partial charge in [0, 0.05) is 12.3 Å². The number of carbonyl (C=O) groups excluding carboxylic acids is 1. The van der Waals surface area contributed by atoms with Crippen LogP contribution in [0.25, 0.3) is 0 Å². The molecule has 14 heavy (non-hydrogen) atoms. The van der Waals surface area contributed by atoms with E-state index in [0.29, 0.717) is 18.7 Å². The van der Waals surface area contributed by atoms with Crippen molar-refractivity contribution < 1.29 is 13.9 Å². The fraction of sp³-hybridized carbons (Fsp3) is 0.900. The van der Waals surface area contributed by atoms with Crippen LogP contribution in [0.5, 0.6) is 0 Å². The maximum absolute atomic E-state index is 11.8. The molecule has 0 aliphatic rings. The lowest BCUT2D eigenvalue weighted by atomic mass is 9.93. The Hall–Kier alpha value is -0.300. The third-order valence-electron chi connectivity index (χ3n) is 1.91. The van der Waals surface area contributed by atoms with Crippen molar-refractivity contribution in [2.75, 3.05) is 12.3 Å². The lowest BCUT2D eigenvalue weighted by Gasteiger charge is -2.20. The van der Waals surface area contributed by atoms with Gasteiger partial charge in [0.2, 0.25) is 7.37 Å². The molecule has 0 rings (SSSR count). The molecule has 3 nitrogen and oxygen atoms in total. The molecule has 0 amide bonds. The Balaban J connectivity index is 4.26. The maximum atomic E-state index is 11.8. The van der Waals surface area contributed by atoms with E-state index in [0.717, 1.165) is 0 Å². The van der Waals surface area contributed by atoms with Crippen LogP contribution in [-0.4, -0.2) is 18.3 Å². The van der Waals surface area contributed by atoms with Crippen LogP contribution in [0.1, 0.15) is 41.0 Å².